The Morgan fingerprint density at radius 1 is 1.12 bits per heavy atom. The predicted molar refractivity (Wildman–Crippen MR) is 100 cm³/mol. The van der Waals surface area contributed by atoms with E-state index in [0.717, 1.165) is 25.2 Å². The van der Waals surface area contributed by atoms with Crippen molar-refractivity contribution >= 4 is 21.4 Å². The van der Waals surface area contributed by atoms with Crippen LogP contribution in [0.25, 0.3) is 0 Å². The van der Waals surface area contributed by atoms with Gasteiger partial charge < -0.3 is 4.74 Å². The molecular weight excluding hydrogens is 356 g/mol. The topological polar surface area (TPSA) is 58.6 Å². The first kappa shape index (κ1) is 18.5. The number of hydrogen-bond acceptors (Lipinski definition) is 5. The second-order valence-electron chi connectivity index (χ2n) is 6.52. The molecule has 0 unspecified atom stereocenters. The van der Waals surface area contributed by atoms with Gasteiger partial charge >= 0.3 is 0 Å². The Morgan fingerprint density at radius 3 is 2.36 bits per heavy atom. The minimum Gasteiger partial charge on any atom is -0.373 e. The molecule has 1 N–H and O–H groups in total. The highest BCUT2D eigenvalue weighted by atomic mass is 32.2. The van der Waals surface area contributed by atoms with E-state index >= 15 is 0 Å². The first-order valence-corrected chi connectivity index (χ1v) is 10.8. The van der Waals surface area contributed by atoms with Crippen molar-refractivity contribution in [3.63, 3.8) is 0 Å². The molecule has 2 atom stereocenters. The molecule has 0 amide bonds. The maximum absolute atomic E-state index is 12.1. The van der Waals surface area contributed by atoms with Crippen molar-refractivity contribution in [3.8, 4) is 0 Å². The van der Waals surface area contributed by atoms with Crippen molar-refractivity contribution in [3.05, 3.63) is 52.9 Å². The molecule has 1 aliphatic rings. The zero-order valence-corrected chi connectivity index (χ0v) is 16.1. The molecular formula is C18H24N2O3S2. The van der Waals surface area contributed by atoms with Crippen LogP contribution in [0.2, 0.25) is 0 Å². The van der Waals surface area contributed by atoms with E-state index in [1.54, 1.807) is 17.5 Å². The van der Waals surface area contributed by atoms with Crippen LogP contribution in [0.15, 0.2) is 46.0 Å². The summed E-state index contributed by atoms with van der Waals surface area (Å²) in [6, 6.07) is 11.5. The van der Waals surface area contributed by atoms with E-state index in [2.05, 4.69) is 35.6 Å². The number of sulfonamides is 1. The molecule has 3 rings (SSSR count). The summed E-state index contributed by atoms with van der Waals surface area (Å²) in [5, 5.41) is 1.76. The van der Waals surface area contributed by atoms with Crippen LogP contribution >= 0.6 is 11.3 Å². The number of nitrogens with one attached hydrogen (secondary N) is 1. The Bertz CT molecular complexity index is 763. The van der Waals surface area contributed by atoms with E-state index in [1.807, 2.05) is 12.1 Å². The summed E-state index contributed by atoms with van der Waals surface area (Å²) in [7, 11) is -3.41. The van der Waals surface area contributed by atoms with E-state index in [4.69, 9.17) is 4.74 Å². The van der Waals surface area contributed by atoms with Gasteiger partial charge in [0.15, 0.2) is 0 Å². The van der Waals surface area contributed by atoms with Crippen LogP contribution in [0.5, 0.6) is 0 Å². The van der Waals surface area contributed by atoms with Crippen molar-refractivity contribution in [2.75, 3.05) is 13.1 Å². The smallest absolute Gasteiger partial charge is 0.250 e. The Hall–Kier alpha value is -1.25. The number of morpholine rings is 1. The Kier molecular flexibility index (Phi) is 5.91. The van der Waals surface area contributed by atoms with Crippen LogP contribution in [0.4, 0.5) is 0 Å². The second kappa shape index (κ2) is 7.97. The molecule has 25 heavy (non-hydrogen) atoms. The maximum Gasteiger partial charge on any atom is 0.250 e. The monoisotopic (exact) mass is 380 g/mol. The van der Waals surface area contributed by atoms with Crippen molar-refractivity contribution in [2.45, 2.75) is 43.4 Å². The molecule has 2 aromatic rings. The lowest BCUT2D eigenvalue weighted by Gasteiger charge is -2.35. The van der Waals surface area contributed by atoms with Crippen molar-refractivity contribution in [1.82, 2.24) is 9.62 Å². The Balaban J connectivity index is 1.55. The number of hydrogen-bond donors (Lipinski definition) is 1. The summed E-state index contributed by atoms with van der Waals surface area (Å²) >= 11 is 1.22. The average molecular weight is 381 g/mol. The van der Waals surface area contributed by atoms with Gasteiger partial charge in [-0.25, -0.2) is 13.1 Å². The van der Waals surface area contributed by atoms with Gasteiger partial charge in [-0.3, -0.25) is 4.90 Å². The van der Waals surface area contributed by atoms with Gasteiger partial charge in [0.2, 0.25) is 10.0 Å². The average Bonchev–Trinajstić information content (AvgIpc) is 3.09. The third-order valence-electron chi connectivity index (χ3n) is 4.15. The molecule has 1 fully saturated rings. The number of rotatable bonds is 6. The van der Waals surface area contributed by atoms with Crippen molar-refractivity contribution in [1.29, 1.82) is 0 Å². The molecule has 1 aromatic carbocycles. The molecule has 0 bridgehead atoms. The summed E-state index contributed by atoms with van der Waals surface area (Å²) in [5.74, 6) is 0. The van der Waals surface area contributed by atoms with Gasteiger partial charge in [-0.1, -0.05) is 30.3 Å². The summed E-state index contributed by atoms with van der Waals surface area (Å²) in [6.45, 7) is 7.27. The van der Waals surface area contributed by atoms with E-state index < -0.39 is 10.0 Å². The lowest BCUT2D eigenvalue weighted by Crippen LogP contribution is -2.44. The Labute approximate surface area is 153 Å². The molecule has 7 heteroatoms. The number of benzene rings is 1. The quantitative estimate of drug-likeness (QED) is 0.837. The number of nitrogens with zero attached hydrogens (tertiary/aromatic N) is 1. The van der Waals surface area contributed by atoms with Crippen LogP contribution < -0.4 is 4.72 Å². The predicted octanol–water partition coefficient (Wildman–Crippen LogP) is 2.84. The maximum atomic E-state index is 12.1. The third kappa shape index (κ3) is 5.12. The molecule has 0 aliphatic carbocycles. The van der Waals surface area contributed by atoms with Gasteiger partial charge in [-0.15, -0.1) is 11.3 Å². The fourth-order valence-corrected chi connectivity index (χ4v) is 5.16. The molecule has 0 saturated carbocycles. The zero-order chi connectivity index (χ0) is 17.9. The molecule has 2 heterocycles. The zero-order valence-electron chi connectivity index (χ0n) is 14.5. The SMILES string of the molecule is C[C@@H]1CN(Cc2ccc(CNS(=O)(=O)c3cccs3)cc2)C[C@H](C)O1. The fraction of sp³-hybridized carbons (Fsp3) is 0.444. The van der Waals surface area contributed by atoms with Crippen LogP contribution in [-0.4, -0.2) is 38.6 Å². The summed E-state index contributed by atoms with van der Waals surface area (Å²) in [4.78, 5) is 2.40. The molecule has 136 valence electrons. The number of thiophene rings is 1. The van der Waals surface area contributed by atoms with Crippen LogP contribution in [-0.2, 0) is 27.8 Å². The highest BCUT2D eigenvalue weighted by Gasteiger charge is 2.22. The van der Waals surface area contributed by atoms with Crippen LogP contribution in [0, 0.1) is 0 Å². The molecule has 0 spiro atoms. The molecule has 1 aromatic heterocycles. The van der Waals surface area contributed by atoms with Crippen LogP contribution in [0.3, 0.4) is 0 Å². The van der Waals surface area contributed by atoms with E-state index in [-0.39, 0.29) is 12.2 Å². The van der Waals surface area contributed by atoms with E-state index in [9.17, 15) is 8.42 Å². The van der Waals surface area contributed by atoms with Gasteiger partial charge in [0.1, 0.15) is 4.21 Å². The summed E-state index contributed by atoms with van der Waals surface area (Å²) in [5.41, 5.74) is 2.18. The van der Waals surface area contributed by atoms with E-state index in [0.29, 0.717) is 10.8 Å². The summed E-state index contributed by atoms with van der Waals surface area (Å²) < 4.78 is 33.0. The van der Waals surface area contributed by atoms with E-state index in [1.165, 1.54) is 16.9 Å². The summed E-state index contributed by atoms with van der Waals surface area (Å²) in [6.07, 6.45) is 0.518. The second-order valence-corrected chi connectivity index (χ2v) is 9.47. The lowest BCUT2D eigenvalue weighted by molar-refractivity contribution is -0.0704. The van der Waals surface area contributed by atoms with Gasteiger partial charge in [0, 0.05) is 26.2 Å². The fourth-order valence-electron chi connectivity index (χ4n) is 3.10. The normalized spacial score (nSPS) is 22.2. The minimum absolute atomic E-state index is 0.259. The number of ether oxygens (including phenoxy) is 1. The highest BCUT2D eigenvalue weighted by Crippen LogP contribution is 2.17. The highest BCUT2D eigenvalue weighted by molar-refractivity contribution is 7.91. The van der Waals surface area contributed by atoms with Crippen molar-refractivity contribution in [2.24, 2.45) is 0 Å². The third-order valence-corrected chi connectivity index (χ3v) is 6.95. The van der Waals surface area contributed by atoms with Gasteiger partial charge in [0.05, 0.1) is 12.2 Å². The Morgan fingerprint density at radius 2 is 1.76 bits per heavy atom. The standard InChI is InChI=1S/C18H24N2O3S2/c1-14-11-20(12-15(2)23-14)13-17-7-5-16(6-8-17)10-19-25(21,22)18-4-3-9-24-18/h3-9,14-15,19H,10-13H2,1-2H3/t14-,15+. The first-order chi connectivity index (χ1) is 11.9. The largest absolute Gasteiger partial charge is 0.373 e. The molecule has 1 saturated heterocycles. The van der Waals surface area contributed by atoms with Crippen molar-refractivity contribution < 1.29 is 13.2 Å². The molecule has 5 nitrogen and oxygen atoms in total. The van der Waals surface area contributed by atoms with Gasteiger partial charge in [0.25, 0.3) is 0 Å². The minimum atomic E-state index is -3.41. The van der Waals surface area contributed by atoms with Gasteiger partial charge in [-0.2, -0.15) is 0 Å². The first-order valence-electron chi connectivity index (χ1n) is 8.41. The van der Waals surface area contributed by atoms with Crippen LogP contribution in [0.1, 0.15) is 25.0 Å². The molecule has 0 radical (unpaired) electrons. The van der Waals surface area contributed by atoms with Gasteiger partial charge in [-0.05, 0) is 36.4 Å². The lowest BCUT2D eigenvalue weighted by atomic mass is 10.1. The molecule has 1 aliphatic heterocycles.